The molecule has 0 bridgehead atoms. The number of ether oxygens (including phenoxy) is 1. The highest BCUT2D eigenvalue weighted by Crippen LogP contribution is 2.25. The molecule has 0 radical (unpaired) electrons. The first-order valence-electron chi connectivity index (χ1n) is 5.47. The van der Waals surface area contributed by atoms with Gasteiger partial charge in [0.05, 0.1) is 22.2 Å². The zero-order valence-electron chi connectivity index (χ0n) is 10.0. The number of nitrogens with zero attached hydrogens (tertiary/aromatic N) is 1. The summed E-state index contributed by atoms with van der Waals surface area (Å²) in [6.45, 7) is 3.84. The molecule has 3 nitrogen and oxygen atoms in total. The quantitative estimate of drug-likeness (QED) is 0.800. The van der Waals surface area contributed by atoms with Crippen molar-refractivity contribution in [1.82, 2.24) is 4.98 Å². The lowest BCUT2D eigenvalue weighted by molar-refractivity contribution is 0.104. The Morgan fingerprint density at radius 3 is 2.83 bits per heavy atom. The average Bonchev–Trinajstić information content (AvgIpc) is 2.74. The molecular formula is C13H12ClNO2S. The summed E-state index contributed by atoms with van der Waals surface area (Å²) in [6.07, 6.45) is 3.15. The Balaban J connectivity index is 2.29. The van der Waals surface area contributed by atoms with Gasteiger partial charge in [-0.1, -0.05) is 11.6 Å². The van der Waals surface area contributed by atoms with Gasteiger partial charge in [-0.15, -0.1) is 11.3 Å². The summed E-state index contributed by atoms with van der Waals surface area (Å²) < 4.78 is 5.51. The van der Waals surface area contributed by atoms with E-state index in [0.717, 1.165) is 0 Å². The summed E-state index contributed by atoms with van der Waals surface area (Å²) in [5.74, 6) is 0.459. The molecule has 0 aliphatic heterocycles. The average molecular weight is 282 g/mol. The third kappa shape index (κ3) is 2.89. The third-order valence-corrected chi connectivity index (χ3v) is 3.51. The van der Waals surface area contributed by atoms with Crippen LogP contribution in [0.2, 0.25) is 5.02 Å². The molecule has 94 valence electrons. The Kier molecular flexibility index (Phi) is 3.99. The second-order valence-electron chi connectivity index (χ2n) is 4.00. The maximum Gasteiger partial charge on any atom is 0.206 e. The number of carbonyl (C=O) groups excluding carboxylic acids is 1. The van der Waals surface area contributed by atoms with Crippen LogP contribution in [0.25, 0.3) is 0 Å². The minimum absolute atomic E-state index is 0.0440. The lowest BCUT2D eigenvalue weighted by Gasteiger charge is -2.09. The fourth-order valence-corrected chi connectivity index (χ4v) is 2.57. The first-order chi connectivity index (χ1) is 8.58. The van der Waals surface area contributed by atoms with Gasteiger partial charge in [0.1, 0.15) is 5.75 Å². The summed E-state index contributed by atoms with van der Waals surface area (Å²) >= 11 is 7.27. The molecule has 0 atom stereocenters. The van der Waals surface area contributed by atoms with Crippen LogP contribution in [-0.4, -0.2) is 16.9 Å². The number of rotatable bonds is 4. The molecule has 0 N–H and O–H groups in total. The van der Waals surface area contributed by atoms with Gasteiger partial charge in [-0.3, -0.25) is 9.78 Å². The van der Waals surface area contributed by atoms with Crippen molar-refractivity contribution in [3.63, 3.8) is 0 Å². The molecule has 5 heteroatoms. The van der Waals surface area contributed by atoms with E-state index in [2.05, 4.69) is 4.98 Å². The van der Waals surface area contributed by atoms with Crippen molar-refractivity contribution in [2.75, 3.05) is 0 Å². The van der Waals surface area contributed by atoms with Gasteiger partial charge in [-0.2, -0.15) is 0 Å². The Morgan fingerprint density at radius 1 is 1.44 bits per heavy atom. The minimum atomic E-state index is -0.128. The van der Waals surface area contributed by atoms with Crippen LogP contribution in [0.1, 0.15) is 29.1 Å². The first-order valence-corrected chi connectivity index (χ1v) is 6.73. The Hall–Kier alpha value is -1.39. The van der Waals surface area contributed by atoms with Gasteiger partial charge in [0.15, 0.2) is 0 Å². The zero-order valence-corrected chi connectivity index (χ0v) is 11.6. The lowest BCUT2D eigenvalue weighted by atomic mass is 10.1. The van der Waals surface area contributed by atoms with Crippen LogP contribution < -0.4 is 4.74 Å². The second kappa shape index (κ2) is 5.50. The topological polar surface area (TPSA) is 39.2 Å². The smallest absolute Gasteiger partial charge is 0.206 e. The van der Waals surface area contributed by atoms with Gasteiger partial charge >= 0.3 is 0 Å². The van der Waals surface area contributed by atoms with E-state index in [1.165, 1.54) is 17.5 Å². The van der Waals surface area contributed by atoms with E-state index in [9.17, 15) is 4.79 Å². The zero-order chi connectivity index (χ0) is 13.1. The molecule has 0 saturated heterocycles. The molecule has 0 unspecified atom stereocenters. The van der Waals surface area contributed by atoms with Crippen molar-refractivity contribution in [2.45, 2.75) is 20.0 Å². The minimum Gasteiger partial charge on any atom is -0.489 e. The molecule has 0 fully saturated rings. The summed E-state index contributed by atoms with van der Waals surface area (Å²) in [7, 11) is 0. The lowest BCUT2D eigenvalue weighted by Crippen LogP contribution is -2.07. The van der Waals surface area contributed by atoms with E-state index in [0.29, 0.717) is 21.2 Å². The van der Waals surface area contributed by atoms with Gasteiger partial charge in [-0.05, 0) is 31.4 Å². The molecule has 2 aromatic heterocycles. The molecule has 0 spiro atoms. The van der Waals surface area contributed by atoms with E-state index in [4.69, 9.17) is 16.3 Å². The number of pyridine rings is 1. The second-order valence-corrected chi connectivity index (χ2v) is 5.33. The van der Waals surface area contributed by atoms with Crippen molar-refractivity contribution in [3.8, 4) is 5.75 Å². The number of halogens is 1. The molecule has 0 aliphatic rings. The van der Waals surface area contributed by atoms with Crippen molar-refractivity contribution >= 4 is 28.7 Å². The Bertz CT molecular complexity index is 566. The van der Waals surface area contributed by atoms with E-state index < -0.39 is 0 Å². The van der Waals surface area contributed by atoms with Crippen LogP contribution in [0.5, 0.6) is 5.75 Å². The molecule has 18 heavy (non-hydrogen) atoms. The molecule has 2 heterocycles. The van der Waals surface area contributed by atoms with Gasteiger partial charge in [0.2, 0.25) is 5.78 Å². The summed E-state index contributed by atoms with van der Waals surface area (Å²) in [6, 6.07) is 3.40. The van der Waals surface area contributed by atoms with Gasteiger partial charge in [0.25, 0.3) is 0 Å². The standard InChI is InChI=1S/C13H12ClNO2S/c1-8(2)17-10-5-9(6-15-7-10)12(16)13-11(14)3-4-18-13/h3-8H,1-2H3. The van der Waals surface area contributed by atoms with E-state index in [1.54, 1.807) is 23.7 Å². The monoisotopic (exact) mass is 281 g/mol. The Labute approximate surface area is 114 Å². The third-order valence-electron chi connectivity index (χ3n) is 2.17. The largest absolute Gasteiger partial charge is 0.489 e. The van der Waals surface area contributed by atoms with Crippen LogP contribution in [0.3, 0.4) is 0 Å². The number of ketones is 1. The first kappa shape index (κ1) is 13.1. The molecule has 0 saturated carbocycles. The van der Waals surface area contributed by atoms with Crippen LogP contribution in [0.15, 0.2) is 29.9 Å². The fourth-order valence-electron chi connectivity index (χ4n) is 1.47. The van der Waals surface area contributed by atoms with E-state index in [1.807, 2.05) is 13.8 Å². The Morgan fingerprint density at radius 2 is 2.22 bits per heavy atom. The fraction of sp³-hybridized carbons (Fsp3) is 0.231. The predicted octanol–water partition coefficient (Wildman–Crippen LogP) is 3.81. The van der Waals surface area contributed by atoms with Gasteiger partial charge in [-0.25, -0.2) is 0 Å². The van der Waals surface area contributed by atoms with Crippen LogP contribution in [-0.2, 0) is 0 Å². The molecular weight excluding hydrogens is 270 g/mol. The molecule has 0 aromatic carbocycles. The van der Waals surface area contributed by atoms with Gasteiger partial charge < -0.3 is 4.74 Å². The summed E-state index contributed by atoms with van der Waals surface area (Å²) in [4.78, 5) is 16.7. The van der Waals surface area contributed by atoms with Crippen molar-refractivity contribution in [1.29, 1.82) is 0 Å². The van der Waals surface area contributed by atoms with Crippen LogP contribution >= 0.6 is 22.9 Å². The van der Waals surface area contributed by atoms with Crippen molar-refractivity contribution in [2.24, 2.45) is 0 Å². The van der Waals surface area contributed by atoms with E-state index >= 15 is 0 Å². The predicted molar refractivity (Wildman–Crippen MR) is 72.8 cm³/mol. The molecule has 2 rings (SSSR count). The molecule has 0 amide bonds. The van der Waals surface area contributed by atoms with Gasteiger partial charge in [0, 0.05) is 11.8 Å². The highest BCUT2D eigenvalue weighted by atomic mass is 35.5. The number of aromatic nitrogens is 1. The number of hydrogen-bond donors (Lipinski definition) is 0. The van der Waals surface area contributed by atoms with Crippen LogP contribution in [0.4, 0.5) is 0 Å². The highest BCUT2D eigenvalue weighted by Gasteiger charge is 2.15. The van der Waals surface area contributed by atoms with Crippen molar-refractivity contribution in [3.05, 3.63) is 45.4 Å². The maximum atomic E-state index is 12.2. The van der Waals surface area contributed by atoms with Crippen LogP contribution in [0, 0.1) is 0 Å². The molecule has 2 aromatic rings. The van der Waals surface area contributed by atoms with Crippen molar-refractivity contribution < 1.29 is 9.53 Å². The normalized spacial score (nSPS) is 10.7. The SMILES string of the molecule is CC(C)Oc1cncc(C(=O)c2sccc2Cl)c1. The summed E-state index contributed by atoms with van der Waals surface area (Å²) in [5, 5.41) is 2.26. The maximum absolute atomic E-state index is 12.2. The number of carbonyl (C=O) groups is 1. The number of thiophene rings is 1. The number of hydrogen-bond acceptors (Lipinski definition) is 4. The highest BCUT2D eigenvalue weighted by molar-refractivity contribution is 7.13. The summed E-state index contributed by atoms with van der Waals surface area (Å²) in [5.41, 5.74) is 0.484. The van der Waals surface area contributed by atoms with E-state index in [-0.39, 0.29) is 11.9 Å². The molecule has 0 aliphatic carbocycles.